The van der Waals surface area contributed by atoms with Gasteiger partial charge in [-0.05, 0) is 74.8 Å². The van der Waals surface area contributed by atoms with Crippen LogP contribution in [0.3, 0.4) is 0 Å². The predicted molar refractivity (Wildman–Crippen MR) is 178 cm³/mol. The maximum absolute atomic E-state index is 13.0. The highest BCUT2D eigenvalue weighted by atomic mass is 32.2. The Morgan fingerprint density at radius 2 is 1.52 bits per heavy atom. The summed E-state index contributed by atoms with van der Waals surface area (Å²) in [6, 6.07) is 23.3. The molecule has 9 heteroatoms. The maximum atomic E-state index is 13.0. The minimum atomic E-state index is -3.80. The Morgan fingerprint density at radius 3 is 2.18 bits per heavy atom. The predicted octanol–water partition coefficient (Wildman–Crippen LogP) is 5.83. The molecule has 5 rings (SSSR count). The standard InChI is InChI=1S/C24H32N2O3S.C11H13N3/c1-18-8-12-21(13-9-18)17-25-24(27)23(16-20-6-4-3-5-7-20)26-30(28,29)22-14-10-19(2)11-15-22;1-8-12-10-7-5-4-6-9(10)11(13-8)14(2)3/h3-7,10-11,14-15,18,21,23,26H,8-9,12-13,16-17H2,1-2H3,(H,25,27);4-7H,1-3H3/t18?,21?,23-;/m0./s1. The van der Waals surface area contributed by atoms with E-state index in [4.69, 9.17) is 0 Å². The van der Waals surface area contributed by atoms with E-state index in [2.05, 4.69) is 26.9 Å². The van der Waals surface area contributed by atoms with E-state index in [-0.39, 0.29) is 10.8 Å². The lowest BCUT2D eigenvalue weighted by Crippen LogP contribution is -2.49. The highest BCUT2D eigenvalue weighted by Crippen LogP contribution is 2.27. The zero-order valence-corrected chi connectivity index (χ0v) is 27.3. The van der Waals surface area contributed by atoms with Gasteiger partial charge in [-0.1, -0.05) is 79.9 Å². The summed E-state index contributed by atoms with van der Waals surface area (Å²) in [6.07, 6.45) is 4.90. The first-order valence-corrected chi connectivity index (χ1v) is 16.8. The van der Waals surface area contributed by atoms with Crippen LogP contribution in [-0.2, 0) is 21.2 Å². The van der Waals surface area contributed by atoms with Crippen LogP contribution in [0.4, 0.5) is 5.82 Å². The molecule has 1 aromatic heterocycles. The van der Waals surface area contributed by atoms with Crippen molar-refractivity contribution in [3.8, 4) is 0 Å². The number of carbonyl (C=O) groups is 1. The van der Waals surface area contributed by atoms with Crippen LogP contribution in [0.5, 0.6) is 0 Å². The number of nitrogens with one attached hydrogen (secondary N) is 2. The number of hydrogen-bond acceptors (Lipinski definition) is 6. The van der Waals surface area contributed by atoms with Crippen LogP contribution in [-0.4, -0.2) is 51.0 Å². The van der Waals surface area contributed by atoms with Gasteiger partial charge in [-0.15, -0.1) is 0 Å². The zero-order chi connectivity index (χ0) is 31.7. The van der Waals surface area contributed by atoms with E-state index < -0.39 is 16.1 Å². The summed E-state index contributed by atoms with van der Waals surface area (Å²) in [5, 5.41) is 4.10. The van der Waals surface area contributed by atoms with Crippen LogP contribution in [0.15, 0.2) is 83.8 Å². The number of amides is 1. The number of para-hydroxylation sites is 1. The maximum Gasteiger partial charge on any atom is 0.241 e. The molecule has 0 spiro atoms. The van der Waals surface area contributed by atoms with Crippen molar-refractivity contribution in [1.82, 2.24) is 20.0 Å². The molecule has 1 aliphatic carbocycles. The summed E-state index contributed by atoms with van der Waals surface area (Å²) in [5.74, 6) is 2.74. The van der Waals surface area contributed by atoms with Gasteiger partial charge in [0.2, 0.25) is 15.9 Å². The number of rotatable bonds is 9. The highest BCUT2D eigenvalue weighted by molar-refractivity contribution is 7.89. The van der Waals surface area contributed by atoms with Crippen molar-refractivity contribution in [3.05, 3.63) is 95.8 Å². The largest absolute Gasteiger partial charge is 0.362 e. The van der Waals surface area contributed by atoms with Crippen molar-refractivity contribution in [2.75, 3.05) is 25.5 Å². The quantitative estimate of drug-likeness (QED) is 0.246. The number of aryl methyl sites for hydroxylation is 2. The van der Waals surface area contributed by atoms with Gasteiger partial charge in [0.1, 0.15) is 17.7 Å². The number of anilines is 1. The molecule has 1 fully saturated rings. The summed E-state index contributed by atoms with van der Waals surface area (Å²) in [6.45, 7) is 6.69. The summed E-state index contributed by atoms with van der Waals surface area (Å²) >= 11 is 0. The summed E-state index contributed by atoms with van der Waals surface area (Å²) in [5.41, 5.74) is 2.90. The number of fused-ring (bicyclic) bond motifs is 1. The lowest BCUT2D eigenvalue weighted by atomic mass is 9.83. The van der Waals surface area contributed by atoms with Crippen LogP contribution in [0, 0.1) is 25.7 Å². The van der Waals surface area contributed by atoms with Gasteiger partial charge in [0.15, 0.2) is 0 Å². The Hall–Kier alpha value is -3.82. The van der Waals surface area contributed by atoms with Gasteiger partial charge in [-0.2, -0.15) is 4.72 Å². The molecule has 0 saturated heterocycles. The molecule has 1 heterocycles. The molecule has 44 heavy (non-hydrogen) atoms. The lowest BCUT2D eigenvalue weighted by molar-refractivity contribution is -0.122. The van der Waals surface area contributed by atoms with E-state index >= 15 is 0 Å². The topological polar surface area (TPSA) is 104 Å². The van der Waals surface area contributed by atoms with Gasteiger partial charge in [-0.3, -0.25) is 4.79 Å². The number of benzene rings is 3. The van der Waals surface area contributed by atoms with Crippen molar-refractivity contribution in [2.24, 2.45) is 11.8 Å². The van der Waals surface area contributed by atoms with Crippen molar-refractivity contribution in [3.63, 3.8) is 0 Å². The molecule has 0 aliphatic heterocycles. The summed E-state index contributed by atoms with van der Waals surface area (Å²) in [7, 11) is 0.186. The molecule has 0 radical (unpaired) electrons. The van der Waals surface area contributed by atoms with E-state index in [1.54, 1.807) is 24.3 Å². The fourth-order valence-electron chi connectivity index (χ4n) is 5.43. The van der Waals surface area contributed by atoms with Crippen molar-refractivity contribution < 1.29 is 13.2 Å². The second-order valence-electron chi connectivity index (χ2n) is 12.1. The molecule has 234 valence electrons. The van der Waals surface area contributed by atoms with Crippen molar-refractivity contribution in [1.29, 1.82) is 0 Å². The number of hydrogen-bond donors (Lipinski definition) is 2. The van der Waals surface area contributed by atoms with E-state index in [1.165, 1.54) is 12.8 Å². The van der Waals surface area contributed by atoms with Gasteiger partial charge in [-0.25, -0.2) is 18.4 Å². The smallest absolute Gasteiger partial charge is 0.241 e. The fraction of sp³-hybridized carbons (Fsp3) is 0.400. The molecule has 8 nitrogen and oxygen atoms in total. The zero-order valence-electron chi connectivity index (χ0n) is 26.5. The number of nitrogens with zero attached hydrogens (tertiary/aromatic N) is 3. The Morgan fingerprint density at radius 1 is 0.886 bits per heavy atom. The lowest BCUT2D eigenvalue weighted by Gasteiger charge is -2.27. The highest BCUT2D eigenvalue weighted by Gasteiger charge is 2.27. The number of sulfonamides is 1. The third kappa shape index (κ3) is 9.34. The molecule has 4 aromatic rings. The monoisotopic (exact) mass is 615 g/mol. The van der Waals surface area contributed by atoms with E-state index in [0.717, 1.165) is 52.4 Å². The third-order valence-corrected chi connectivity index (χ3v) is 9.53. The number of carbonyl (C=O) groups excluding carboxylic acids is 1. The van der Waals surface area contributed by atoms with Crippen LogP contribution < -0.4 is 14.9 Å². The van der Waals surface area contributed by atoms with Crippen molar-refractivity contribution >= 4 is 32.7 Å². The van der Waals surface area contributed by atoms with Crippen LogP contribution in [0.25, 0.3) is 10.9 Å². The molecule has 1 aliphatic rings. The minimum absolute atomic E-state index is 0.167. The molecular formula is C35H45N5O3S. The van der Waals surface area contributed by atoms with Gasteiger partial charge in [0.25, 0.3) is 0 Å². The second-order valence-corrected chi connectivity index (χ2v) is 13.8. The van der Waals surface area contributed by atoms with Gasteiger partial charge in [0, 0.05) is 26.0 Å². The van der Waals surface area contributed by atoms with Crippen molar-refractivity contribution in [2.45, 2.75) is 63.8 Å². The molecule has 3 aromatic carbocycles. The van der Waals surface area contributed by atoms with Gasteiger partial charge in [0.05, 0.1) is 10.4 Å². The fourth-order valence-corrected chi connectivity index (χ4v) is 6.62. The van der Waals surface area contributed by atoms with Crippen LogP contribution >= 0.6 is 0 Å². The third-order valence-electron chi connectivity index (χ3n) is 8.05. The van der Waals surface area contributed by atoms with E-state index in [1.807, 2.05) is 87.4 Å². The van der Waals surface area contributed by atoms with E-state index in [9.17, 15) is 13.2 Å². The molecule has 1 atom stereocenters. The first kappa shape index (κ1) is 33.1. The van der Waals surface area contributed by atoms with Gasteiger partial charge >= 0.3 is 0 Å². The molecule has 0 unspecified atom stereocenters. The summed E-state index contributed by atoms with van der Waals surface area (Å²) < 4.78 is 28.4. The molecular weight excluding hydrogens is 570 g/mol. The normalized spacial score (nSPS) is 17.3. The molecule has 1 amide bonds. The van der Waals surface area contributed by atoms with Crippen LogP contribution in [0.2, 0.25) is 0 Å². The summed E-state index contributed by atoms with van der Waals surface area (Å²) in [4.78, 5) is 24.0. The van der Waals surface area contributed by atoms with Gasteiger partial charge < -0.3 is 10.2 Å². The molecule has 1 saturated carbocycles. The second kappa shape index (κ2) is 15.3. The minimum Gasteiger partial charge on any atom is -0.362 e. The molecule has 0 bridgehead atoms. The van der Waals surface area contributed by atoms with E-state index in [0.29, 0.717) is 18.9 Å². The average Bonchev–Trinajstić information content (AvgIpc) is 3.01. The Bertz CT molecular complexity index is 1620. The average molecular weight is 616 g/mol. The Labute approximate surface area is 262 Å². The first-order valence-electron chi connectivity index (χ1n) is 15.3. The Balaban J connectivity index is 0.000000262. The first-order chi connectivity index (χ1) is 21.0. The SMILES string of the molecule is Cc1ccc(S(=O)(=O)N[C@@H](Cc2ccccc2)C(=O)NCC2CCC(C)CC2)cc1.Cc1nc(N(C)C)c2ccccc2n1. The molecule has 2 N–H and O–H groups in total. The van der Waals surface area contributed by atoms with Crippen LogP contribution in [0.1, 0.15) is 49.6 Å². The number of aromatic nitrogens is 2. The Kier molecular flexibility index (Phi) is 11.5.